The Morgan fingerprint density at radius 3 is 2.70 bits per heavy atom. The average Bonchev–Trinajstić information content (AvgIpc) is 3.01. The number of carbonyl (C=O) groups is 1. The van der Waals surface area contributed by atoms with Gasteiger partial charge in [-0.3, -0.25) is 14.8 Å². The highest BCUT2D eigenvalue weighted by atomic mass is 32.1. The van der Waals surface area contributed by atoms with E-state index in [1.807, 2.05) is 30.3 Å². The van der Waals surface area contributed by atoms with Crippen molar-refractivity contribution in [2.75, 3.05) is 0 Å². The topological polar surface area (TPSA) is 68.9 Å². The van der Waals surface area contributed by atoms with Gasteiger partial charge in [-0.25, -0.2) is 0 Å². The summed E-state index contributed by atoms with van der Waals surface area (Å²) in [4.78, 5) is 21.0. The maximum absolute atomic E-state index is 11.7. The second kappa shape index (κ2) is 5.22. The monoisotopic (exact) mass is 281 g/mol. The number of hydrogen-bond donors (Lipinski definition) is 1. The molecule has 1 aromatic carbocycles. The number of nitrogens with zero attached hydrogens (tertiary/aromatic N) is 2. The number of rotatable bonds is 3. The second-order valence-corrected chi connectivity index (χ2v) is 5.06. The van der Waals surface area contributed by atoms with E-state index in [0.29, 0.717) is 5.56 Å². The van der Waals surface area contributed by atoms with Crippen molar-refractivity contribution in [1.29, 1.82) is 0 Å². The van der Waals surface area contributed by atoms with E-state index in [4.69, 9.17) is 5.73 Å². The molecule has 0 aliphatic carbocycles. The van der Waals surface area contributed by atoms with Crippen LogP contribution in [0.3, 0.4) is 0 Å². The first-order valence-electron chi connectivity index (χ1n) is 6.00. The van der Waals surface area contributed by atoms with Crippen molar-refractivity contribution >= 4 is 17.2 Å². The highest BCUT2D eigenvalue weighted by Gasteiger charge is 2.17. The Bertz CT molecular complexity index is 739. The summed E-state index contributed by atoms with van der Waals surface area (Å²) in [5, 5.41) is 0. The van der Waals surface area contributed by atoms with E-state index in [-0.39, 0.29) is 0 Å². The molecule has 0 saturated carbocycles. The molecule has 0 bridgehead atoms. The number of primary amides is 1. The van der Waals surface area contributed by atoms with Crippen LogP contribution < -0.4 is 5.73 Å². The number of benzene rings is 1. The van der Waals surface area contributed by atoms with Gasteiger partial charge in [0.15, 0.2) is 0 Å². The van der Waals surface area contributed by atoms with E-state index >= 15 is 0 Å². The predicted octanol–water partition coefficient (Wildman–Crippen LogP) is 2.97. The minimum absolute atomic E-state index is 0.453. The summed E-state index contributed by atoms with van der Waals surface area (Å²) in [6.45, 7) is 0. The number of aromatic nitrogens is 2. The zero-order valence-corrected chi connectivity index (χ0v) is 11.3. The number of nitrogens with two attached hydrogens (primary N) is 1. The van der Waals surface area contributed by atoms with E-state index in [1.54, 1.807) is 24.0 Å². The Labute approximate surface area is 119 Å². The summed E-state index contributed by atoms with van der Waals surface area (Å²) in [7, 11) is 0. The minimum Gasteiger partial charge on any atom is -0.366 e. The molecule has 20 heavy (non-hydrogen) atoms. The highest BCUT2D eigenvalue weighted by molar-refractivity contribution is 7.13. The third kappa shape index (κ3) is 2.19. The van der Waals surface area contributed by atoms with Gasteiger partial charge in [-0.15, -0.1) is 11.3 Å². The third-order valence-corrected chi connectivity index (χ3v) is 3.74. The van der Waals surface area contributed by atoms with Gasteiger partial charge in [0.05, 0.1) is 16.1 Å². The molecule has 1 amide bonds. The molecule has 2 heterocycles. The molecule has 0 atom stereocenters. The summed E-state index contributed by atoms with van der Waals surface area (Å²) in [5.74, 6) is -0.453. The number of amides is 1. The summed E-state index contributed by atoms with van der Waals surface area (Å²) >= 11 is 1.47. The molecule has 0 unspecified atom stereocenters. The lowest BCUT2D eigenvalue weighted by Crippen LogP contribution is -2.12. The van der Waals surface area contributed by atoms with Gasteiger partial charge in [0.2, 0.25) is 5.91 Å². The van der Waals surface area contributed by atoms with Crippen LogP contribution in [0, 0.1) is 0 Å². The van der Waals surface area contributed by atoms with Gasteiger partial charge in [-0.2, -0.15) is 0 Å². The van der Waals surface area contributed by atoms with Crippen LogP contribution in [-0.2, 0) is 0 Å². The standard InChI is InChI=1S/C15H11N3OS/c16-15(19)11-5-3-4-10(12-6-1-2-7-18-12)14(11)13-8-17-9-20-13/h1-9H,(H2,16,19). The number of carbonyl (C=O) groups excluding carboxylic acids is 1. The van der Waals surface area contributed by atoms with Crippen LogP contribution in [0.2, 0.25) is 0 Å². The van der Waals surface area contributed by atoms with Crippen molar-refractivity contribution < 1.29 is 4.79 Å². The molecule has 0 radical (unpaired) electrons. The minimum atomic E-state index is -0.453. The lowest BCUT2D eigenvalue weighted by molar-refractivity contribution is 0.100. The molecule has 3 rings (SSSR count). The molecule has 4 nitrogen and oxygen atoms in total. The first-order valence-corrected chi connectivity index (χ1v) is 6.88. The Hall–Kier alpha value is -2.53. The normalized spacial score (nSPS) is 10.4. The fourth-order valence-corrected chi connectivity index (χ4v) is 2.79. The fourth-order valence-electron chi connectivity index (χ4n) is 2.10. The molecule has 98 valence electrons. The van der Waals surface area contributed by atoms with Crippen LogP contribution in [0.15, 0.2) is 54.3 Å². The van der Waals surface area contributed by atoms with E-state index in [0.717, 1.165) is 21.7 Å². The van der Waals surface area contributed by atoms with Crippen LogP contribution in [0.1, 0.15) is 10.4 Å². The van der Waals surface area contributed by atoms with E-state index in [1.165, 1.54) is 11.3 Å². The average molecular weight is 281 g/mol. The van der Waals surface area contributed by atoms with E-state index in [2.05, 4.69) is 9.97 Å². The van der Waals surface area contributed by atoms with Crippen LogP contribution in [0.5, 0.6) is 0 Å². The zero-order chi connectivity index (χ0) is 13.9. The molecule has 0 saturated heterocycles. The first kappa shape index (κ1) is 12.5. The molecule has 0 spiro atoms. The smallest absolute Gasteiger partial charge is 0.249 e. The van der Waals surface area contributed by atoms with Crippen molar-refractivity contribution in [3.05, 3.63) is 59.9 Å². The number of thiazole rings is 1. The Morgan fingerprint density at radius 1 is 1.15 bits per heavy atom. The van der Waals surface area contributed by atoms with Crippen molar-refractivity contribution in [1.82, 2.24) is 9.97 Å². The summed E-state index contributed by atoms with van der Waals surface area (Å²) in [6, 6.07) is 11.1. The summed E-state index contributed by atoms with van der Waals surface area (Å²) in [6.07, 6.45) is 3.46. The van der Waals surface area contributed by atoms with Gasteiger partial charge in [0, 0.05) is 29.1 Å². The van der Waals surface area contributed by atoms with Gasteiger partial charge < -0.3 is 5.73 Å². The first-order chi connectivity index (χ1) is 9.77. The lowest BCUT2D eigenvalue weighted by atomic mass is 9.97. The summed E-state index contributed by atoms with van der Waals surface area (Å²) in [5.41, 5.74) is 10.2. The molecular formula is C15H11N3OS. The lowest BCUT2D eigenvalue weighted by Gasteiger charge is -2.11. The number of hydrogen-bond acceptors (Lipinski definition) is 4. The largest absolute Gasteiger partial charge is 0.366 e. The molecule has 0 fully saturated rings. The van der Waals surface area contributed by atoms with Gasteiger partial charge in [0.1, 0.15) is 0 Å². The Morgan fingerprint density at radius 2 is 2.05 bits per heavy atom. The SMILES string of the molecule is NC(=O)c1cccc(-c2ccccn2)c1-c1cncs1. The van der Waals surface area contributed by atoms with Crippen molar-refractivity contribution in [3.63, 3.8) is 0 Å². The molecule has 0 aliphatic rings. The van der Waals surface area contributed by atoms with Gasteiger partial charge in [-0.05, 0) is 18.2 Å². The molecule has 2 aromatic heterocycles. The third-order valence-electron chi connectivity index (χ3n) is 2.95. The number of pyridine rings is 1. The maximum Gasteiger partial charge on any atom is 0.249 e. The van der Waals surface area contributed by atoms with Crippen LogP contribution in [-0.4, -0.2) is 15.9 Å². The second-order valence-electron chi connectivity index (χ2n) is 4.17. The molecule has 0 aliphatic heterocycles. The van der Waals surface area contributed by atoms with Gasteiger partial charge >= 0.3 is 0 Å². The van der Waals surface area contributed by atoms with Crippen molar-refractivity contribution in [3.8, 4) is 21.7 Å². The molecule has 3 aromatic rings. The quantitative estimate of drug-likeness (QED) is 0.802. The Balaban J connectivity index is 2.30. The predicted molar refractivity (Wildman–Crippen MR) is 79.3 cm³/mol. The van der Waals surface area contributed by atoms with E-state index < -0.39 is 5.91 Å². The van der Waals surface area contributed by atoms with Crippen molar-refractivity contribution in [2.45, 2.75) is 0 Å². The highest BCUT2D eigenvalue weighted by Crippen LogP contribution is 2.35. The van der Waals surface area contributed by atoms with Gasteiger partial charge in [0.25, 0.3) is 0 Å². The van der Waals surface area contributed by atoms with Gasteiger partial charge in [-0.1, -0.05) is 18.2 Å². The molecule has 2 N–H and O–H groups in total. The summed E-state index contributed by atoms with van der Waals surface area (Å²) < 4.78 is 0. The zero-order valence-electron chi connectivity index (χ0n) is 10.5. The van der Waals surface area contributed by atoms with Crippen molar-refractivity contribution in [2.24, 2.45) is 5.73 Å². The fraction of sp³-hybridized carbons (Fsp3) is 0. The van der Waals surface area contributed by atoms with E-state index in [9.17, 15) is 4.79 Å². The van der Waals surface area contributed by atoms with Crippen LogP contribution in [0.4, 0.5) is 0 Å². The molecular weight excluding hydrogens is 270 g/mol. The van der Waals surface area contributed by atoms with Crippen LogP contribution in [0.25, 0.3) is 21.7 Å². The Kier molecular flexibility index (Phi) is 3.26. The molecule has 5 heteroatoms. The maximum atomic E-state index is 11.7. The van der Waals surface area contributed by atoms with Crippen LogP contribution >= 0.6 is 11.3 Å².